The molecule has 1 N–H and O–H groups in total. The zero-order valence-corrected chi connectivity index (χ0v) is 18.0. The molecule has 2 aliphatic heterocycles. The largest absolute Gasteiger partial charge is 0.378 e. The zero-order chi connectivity index (χ0) is 20.7. The summed E-state index contributed by atoms with van der Waals surface area (Å²) in [6.07, 6.45) is 4.46. The van der Waals surface area contributed by atoms with Crippen LogP contribution in [0.25, 0.3) is 0 Å². The Morgan fingerprint density at radius 2 is 1.97 bits per heavy atom. The number of rotatable bonds is 8. The molecule has 9 heteroatoms. The number of hydrogen-bond acceptors (Lipinski definition) is 6. The molecule has 0 radical (unpaired) electrons. The lowest BCUT2D eigenvalue weighted by Crippen LogP contribution is -2.43. The molecule has 2 saturated heterocycles. The molecule has 0 saturated carbocycles. The Hall–Kier alpha value is -1.71. The zero-order valence-electron chi connectivity index (χ0n) is 17.2. The van der Waals surface area contributed by atoms with Gasteiger partial charge in [-0.15, -0.1) is 0 Å². The van der Waals surface area contributed by atoms with Gasteiger partial charge in [0.25, 0.3) is 0 Å². The maximum Gasteiger partial charge on any atom is 0.223 e. The van der Waals surface area contributed by atoms with Crippen molar-refractivity contribution in [3.63, 3.8) is 0 Å². The van der Waals surface area contributed by atoms with Crippen LogP contribution >= 0.6 is 0 Å². The molecule has 2 aliphatic rings. The molecule has 0 spiro atoms. The number of carbonyl (C=O) groups is 1. The van der Waals surface area contributed by atoms with Gasteiger partial charge >= 0.3 is 0 Å². The molecule has 0 unspecified atom stereocenters. The van der Waals surface area contributed by atoms with E-state index in [1.807, 2.05) is 19.1 Å². The van der Waals surface area contributed by atoms with Gasteiger partial charge in [-0.25, -0.2) is 17.7 Å². The molecule has 2 fully saturated rings. The summed E-state index contributed by atoms with van der Waals surface area (Å²) >= 11 is 0. The molecule has 1 aromatic rings. The van der Waals surface area contributed by atoms with Gasteiger partial charge in [-0.1, -0.05) is 13.3 Å². The maximum atomic E-state index is 12.6. The van der Waals surface area contributed by atoms with Crippen LogP contribution in [0.15, 0.2) is 18.3 Å². The van der Waals surface area contributed by atoms with E-state index in [1.165, 1.54) is 0 Å². The van der Waals surface area contributed by atoms with Crippen LogP contribution in [0.4, 0.5) is 5.82 Å². The molecule has 1 aromatic heterocycles. The Morgan fingerprint density at radius 1 is 1.24 bits per heavy atom. The number of unbranched alkanes of at least 4 members (excludes halogenated alkanes) is 1. The Labute approximate surface area is 173 Å². The second-order valence-corrected chi connectivity index (χ2v) is 9.77. The van der Waals surface area contributed by atoms with Crippen molar-refractivity contribution in [1.82, 2.24) is 14.6 Å². The third kappa shape index (κ3) is 6.13. The van der Waals surface area contributed by atoms with Crippen molar-refractivity contribution < 1.29 is 17.9 Å². The van der Waals surface area contributed by atoms with Crippen LogP contribution in [-0.2, 0) is 26.1 Å². The van der Waals surface area contributed by atoms with Gasteiger partial charge in [-0.05, 0) is 37.0 Å². The molecule has 3 rings (SSSR count). The number of morpholine rings is 1. The van der Waals surface area contributed by atoms with Crippen LogP contribution in [0.3, 0.4) is 0 Å². The Bertz CT molecular complexity index is 772. The number of pyridine rings is 1. The number of nitrogens with one attached hydrogen (secondary N) is 1. The highest BCUT2D eigenvalue weighted by Crippen LogP contribution is 2.21. The SMILES string of the molecule is CCCCS(=O)(=O)N1CCC(C(=O)NCc2ccnc(N3CCOCC3)c2)CC1. The Morgan fingerprint density at radius 3 is 2.66 bits per heavy atom. The average molecular weight is 425 g/mol. The first-order chi connectivity index (χ1) is 14.0. The molecule has 29 heavy (non-hydrogen) atoms. The van der Waals surface area contributed by atoms with E-state index < -0.39 is 10.0 Å². The van der Waals surface area contributed by atoms with E-state index in [9.17, 15) is 13.2 Å². The van der Waals surface area contributed by atoms with Gasteiger partial charge in [-0.2, -0.15) is 0 Å². The number of sulfonamides is 1. The van der Waals surface area contributed by atoms with Gasteiger partial charge in [0.1, 0.15) is 5.82 Å². The highest BCUT2D eigenvalue weighted by atomic mass is 32.2. The van der Waals surface area contributed by atoms with Crippen LogP contribution in [0.5, 0.6) is 0 Å². The van der Waals surface area contributed by atoms with Crippen LogP contribution < -0.4 is 10.2 Å². The number of aromatic nitrogens is 1. The maximum absolute atomic E-state index is 12.6. The molecule has 3 heterocycles. The van der Waals surface area contributed by atoms with E-state index in [0.717, 1.165) is 30.9 Å². The predicted molar refractivity (Wildman–Crippen MR) is 112 cm³/mol. The van der Waals surface area contributed by atoms with Gasteiger partial charge in [0.15, 0.2) is 0 Å². The number of nitrogens with zero attached hydrogens (tertiary/aromatic N) is 3. The van der Waals surface area contributed by atoms with Gasteiger partial charge in [0.2, 0.25) is 15.9 Å². The Balaban J connectivity index is 1.47. The van der Waals surface area contributed by atoms with Crippen molar-refractivity contribution >= 4 is 21.7 Å². The third-order valence-electron chi connectivity index (χ3n) is 5.59. The first-order valence-corrected chi connectivity index (χ1v) is 12.1. The normalized spacial score (nSPS) is 19.3. The number of anilines is 1. The first-order valence-electron chi connectivity index (χ1n) is 10.5. The molecular formula is C20H32N4O4S. The lowest BCUT2D eigenvalue weighted by Gasteiger charge is -2.30. The molecule has 0 bridgehead atoms. The van der Waals surface area contributed by atoms with Crippen molar-refractivity contribution in [2.45, 2.75) is 39.2 Å². The molecule has 8 nitrogen and oxygen atoms in total. The summed E-state index contributed by atoms with van der Waals surface area (Å²) in [7, 11) is -3.18. The summed E-state index contributed by atoms with van der Waals surface area (Å²) in [6.45, 7) is 6.35. The number of carbonyl (C=O) groups excluding carboxylic acids is 1. The molecular weight excluding hydrogens is 392 g/mol. The fraction of sp³-hybridized carbons (Fsp3) is 0.700. The minimum Gasteiger partial charge on any atom is -0.378 e. The minimum atomic E-state index is -3.18. The molecule has 0 atom stereocenters. The molecule has 0 aliphatic carbocycles. The summed E-state index contributed by atoms with van der Waals surface area (Å²) < 4.78 is 31.5. The van der Waals surface area contributed by atoms with Crippen molar-refractivity contribution in [3.8, 4) is 0 Å². The van der Waals surface area contributed by atoms with Gasteiger partial charge in [0, 0.05) is 44.8 Å². The highest BCUT2D eigenvalue weighted by molar-refractivity contribution is 7.89. The summed E-state index contributed by atoms with van der Waals surface area (Å²) in [6, 6.07) is 3.92. The lowest BCUT2D eigenvalue weighted by atomic mass is 9.97. The number of hydrogen-bond donors (Lipinski definition) is 1. The predicted octanol–water partition coefficient (Wildman–Crippen LogP) is 1.38. The number of ether oxygens (including phenoxy) is 1. The molecule has 1 amide bonds. The smallest absolute Gasteiger partial charge is 0.223 e. The van der Waals surface area contributed by atoms with E-state index in [4.69, 9.17) is 4.74 Å². The second kappa shape index (κ2) is 10.4. The average Bonchev–Trinajstić information content (AvgIpc) is 2.77. The lowest BCUT2D eigenvalue weighted by molar-refractivity contribution is -0.126. The second-order valence-electron chi connectivity index (χ2n) is 7.68. The minimum absolute atomic E-state index is 0.000316. The number of piperidine rings is 1. The first kappa shape index (κ1) is 22.0. The van der Waals surface area contributed by atoms with Crippen LogP contribution in [0.1, 0.15) is 38.2 Å². The summed E-state index contributed by atoms with van der Waals surface area (Å²) in [5.74, 6) is 0.979. The van der Waals surface area contributed by atoms with Crippen LogP contribution in [0.2, 0.25) is 0 Å². The van der Waals surface area contributed by atoms with Crippen molar-refractivity contribution in [3.05, 3.63) is 23.9 Å². The quantitative estimate of drug-likeness (QED) is 0.678. The fourth-order valence-corrected chi connectivity index (χ4v) is 5.40. The van der Waals surface area contributed by atoms with Crippen molar-refractivity contribution in [2.24, 2.45) is 5.92 Å². The summed E-state index contributed by atoms with van der Waals surface area (Å²) in [5.41, 5.74) is 1.01. The monoisotopic (exact) mass is 424 g/mol. The fourth-order valence-electron chi connectivity index (χ4n) is 3.72. The summed E-state index contributed by atoms with van der Waals surface area (Å²) in [5, 5.41) is 3.01. The van der Waals surface area contributed by atoms with Crippen LogP contribution in [-0.4, -0.2) is 68.8 Å². The molecule has 0 aromatic carbocycles. The van der Waals surface area contributed by atoms with E-state index in [-0.39, 0.29) is 17.6 Å². The third-order valence-corrected chi connectivity index (χ3v) is 7.54. The van der Waals surface area contributed by atoms with E-state index in [0.29, 0.717) is 52.1 Å². The van der Waals surface area contributed by atoms with Crippen molar-refractivity contribution in [1.29, 1.82) is 0 Å². The summed E-state index contributed by atoms with van der Waals surface area (Å²) in [4.78, 5) is 19.2. The van der Waals surface area contributed by atoms with Gasteiger partial charge < -0.3 is 15.0 Å². The molecule has 162 valence electrons. The van der Waals surface area contributed by atoms with E-state index in [2.05, 4.69) is 15.2 Å². The van der Waals surface area contributed by atoms with Crippen LogP contribution in [0, 0.1) is 5.92 Å². The van der Waals surface area contributed by atoms with E-state index in [1.54, 1.807) is 10.5 Å². The van der Waals surface area contributed by atoms with Crippen molar-refractivity contribution in [2.75, 3.05) is 50.0 Å². The van der Waals surface area contributed by atoms with Gasteiger partial charge in [0.05, 0.1) is 19.0 Å². The van der Waals surface area contributed by atoms with Gasteiger partial charge in [-0.3, -0.25) is 4.79 Å². The Kier molecular flexibility index (Phi) is 7.85. The topological polar surface area (TPSA) is 91.8 Å². The number of amides is 1. The highest BCUT2D eigenvalue weighted by Gasteiger charge is 2.30. The van der Waals surface area contributed by atoms with E-state index >= 15 is 0 Å². The standard InChI is InChI=1S/C20H32N4O4S/c1-2-3-14-29(26,27)24-8-5-18(6-9-24)20(25)22-16-17-4-7-21-19(15-17)23-10-12-28-13-11-23/h4,7,15,18H,2-3,5-6,8-14,16H2,1H3,(H,22,25).